The number of nitrogens with zero attached hydrogens (tertiary/aromatic N) is 5. The van der Waals surface area contributed by atoms with Crippen LogP contribution < -0.4 is 10.2 Å². The maximum absolute atomic E-state index is 12.5. The van der Waals surface area contributed by atoms with Crippen molar-refractivity contribution in [2.24, 2.45) is 0 Å². The van der Waals surface area contributed by atoms with E-state index in [9.17, 15) is 9.59 Å². The molecule has 4 aromatic heterocycles. The Kier molecular flexibility index (Phi) is 9.09. The summed E-state index contributed by atoms with van der Waals surface area (Å²) in [5, 5.41) is 2.83. The highest BCUT2D eigenvalue weighted by molar-refractivity contribution is 9.10. The summed E-state index contributed by atoms with van der Waals surface area (Å²) in [5.74, 6) is -0.182. The molecule has 0 spiro atoms. The van der Waals surface area contributed by atoms with E-state index in [2.05, 4.69) is 59.3 Å². The van der Waals surface area contributed by atoms with E-state index in [1.807, 2.05) is 112 Å². The first-order valence-electron chi connectivity index (χ1n) is 14.4. The number of aromatic nitrogens is 4. The molecule has 1 N–H and O–H groups in total. The molecule has 0 radical (unpaired) electrons. The SMILES string of the molecule is CC(=O)N(c1ccccc1)c1cc(-c2ccccc2)cn2c(Br)cnc12.CC(=O)Nc1cc(-c2ccccc2)cn2c(Br)cnc12. The maximum atomic E-state index is 12.5. The second-order valence-corrected chi connectivity index (χ2v) is 12.0. The van der Waals surface area contributed by atoms with E-state index in [0.717, 1.165) is 48.5 Å². The van der Waals surface area contributed by atoms with Crippen molar-refractivity contribution in [3.05, 3.63) is 137 Å². The highest BCUT2D eigenvalue weighted by atomic mass is 79.9. The van der Waals surface area contributed by atoms with Crippen LogP contribution in [0.25, 0.3) is 33.5 Å². The van der Waals surface area contributed by atoms with Crippen LogP contribution in [0.5, 0.6) is 0 Å². The minimum atomic E-state index is -0.115. The number of pyridine rings is 2. The zero-order chi connectivity index (χ0) is 32.2. The molecule has 0 bridgehead atoms. The summed E-state index contributed by atoms with van der Waals surface area (Å²) in [6, 6.07) is 33.7. The molecule has 0 aliphatic carbocycles. The van der Waals surface area contributed by atoms with Gasteiger partial charge in [-0.2, -0.15) is 0 Å². The van der Waals surface area contributed by atoms with Gasteiger partial charge in [-0.05, 0) is 67.3 Å². The van der Waals surface area contributed by atoms with Gasteiger partial charge in [-0.3, -0.25) is 23.3 Å². The van der Waals surface area contributed by atoms with Crippen molar-refractivity contribution in [2.45, 2.75) is 13.8 Å². The van der Waals surface area contributed by atoms with Crippen molar-refractivity contribution >= 4 is 72.0 Å². The minimum absolute atomic E-state index is 0.0672. The number of para-hydroxylation sites is 1. The smallest absolute Gasteiger partial charge is 0.228 e. The molecule has 0 aliphatic rings. The van der Waals surface area contributed by atoms with Gasteiger partial charge in [0.1, 0.15) is 9.21 Å². The minimum Gasteiger partial charge on any atom is -0.323 e. The van der Waals surface area contributed by atoms with Crippen LogP contribution >= 0.6 is 31.9 Å². The number of fused-ring (bicyclic) bond motifs is 2. The third kappa shape index (κ3) is 6.49. The molecule has 2 amide bonds. The molecular weight excluding hydrogens is 708 g/mol. The van der Waals surface area contributed by atoms with Crippen molar-refractivity contribution in [3.63, 3.8) is 0 Å². The molecule has 0 saturated heterocycles. The molecular formula is C36H28Br2N6O2. The highest BCUT2D eigenvalue weighted by Crippen LogP contribution is 2.34. The number of amides is 2. The van der Waals surface area contributed by atoms with E-state index in [1.165, 1.54) is 6.92 Å². The lowest BCUT2D eigenvalue weighted by atomic mass is 10.1. The summed E-state index contributed by atoms with van der Waals surface area (Å²) in [5.41, 5.74) is 7.87. The number of nitrogens with one attached hydrogen (secondary N) is 1. The van der Waals surface area contributed by atoms with E-state index in [-0.39, 0.29) is 11.8 Å². The van der Waals surface area contributed by atoms with E-state index < -0.39 is 0 Å². The number of carbonyl (C=O) groups is 2. The third-order valence-electron chi connectivity index (χ3n) is 7.20. The largest absolute Gasteiger partial charge is 0.323 e. The molecule has 8 nitrogen and oxygen atoms in total. The van der Waals surface area contributed by atoms with Gasteiger partial charge in [0.2, 0.25) is 11.8 Å². The van der Waals surface area contributed by atoms with Crippen molar-refractivity contribution in [2.75, 3.05) is 10.2 Å². The first-order valence-corrected chi connectivity index (χ1v) is 16.0. The molecule has 0 fully saturated rings. The average molecular weight is 736 g/mol. The summed E-state index contributed by atoms with van der Waals surface area (Å²) in [7, 11) is 0. The fraction of sp³-hybridized carbons (Fsp3) is 0.0556. The number of carbonyl (C=O) groups excluding carboxylic acids is 2. The Bertz CT molecular complexity index is 2160. The molecule has 0 atom stereocenters. The fourth-order valence-corrected chi connectivity index (χ4v) is 5.94. The molecule has 0 saturated carbocycles. The zero-order valence-electron chi connectivity index (χ0n) is 24.9. The van der Waals surface area contributed by atoms with Crippen LogP contribution in [-0.2, 0) is 9.59 Å². The molecule has 228 valence electrons. The van der Waals surface area contributed by atoms with E-state index in [0.29, 0.717) is 11.3 Å². The number of hydrogen-bond donors (Lipinski definition) is 1. The molecule has 46 heavy (non-hydrogen) atoms. The summed E-state index contributed by atoms with van der Waals surface area (Å²) >= 11 is 7.01. The lowest BCUT2D eigenvalue weighted by Gasteiger charge is -2.23. The summed E-state index contributed by atoms with van der Waals surface area (Å²) in [6.07, 6.45) is 7.48. The van der Waals surface area contributed by atoms with Crippen LogP contribution in [0.1, 0.15) is 13.8 Å². The topological polar surface area (TPSA) is 84.0 Å². The van der Waals surface area contributed by atoms with Gasteiger partial charge < -0.3 is 5.32 Å². The van der Waals surface area contributed by atoms with Crippen LogP contribution in [0.4, 0.5) is 17.1 Å². The second-order valence-electron chi connectivity index (χ2n) is 10.4. The van der Waals surface area contributed by atoms with Crippen LogP contribution in [0.2, 0.25) is 0 Å². The van der Waals surface area contributed by atoms with E-state index in [1.54, 1.807) is 24.2 Å². The van der Waals surface area contributed by atoms with Crippen molar-refractivity contribution in [3.8, 4) is 22.3 Å². The number of hydrogen-bond acceptors (Lipinski definition) is 4. The Morgan fingerprint density at radius 2 is 1.13 bits per heavy atom. The monoisotopic (exact) mass is 734 g/mol. The maximum Gasteiger partial charge on any atom is 0.228 e. The molecule has 0 unspecified atom stereocenters. The predicted molar refractivity (Wildman–Crippen MR) is 190 cm³/mol. The summed E-state index contributed by atoms with van der Waals surface area (Å²) in [4.78, 5) is 34.4. The molecule has 0 aliphatic heterocycles. The summed E-state index contributed by atoms with van der Waals surface area (Å²) in [6.45, 7) is 3.06. The van der Waals surface area contributed by atoms with Crippen molar-refractivity contribution in [1.29, 1.82) is 0 Å². The number of imidazole rings is 2. The van der Waals surface area contributed by atoms with Gasteiger partial charge in [0.25, 0.3) is 0 Å². The molecule has 7 aromatic rings. The number of benzene rings is 3. The Morgan fingerprint density at radius 3 is 1.65 bits per heavy atom. The Hall–Kier alpha value is -5.06. The van der Waals surface area contributed by atoms with Crippen molar-refractivity contribution in [1.82, 2.24) is 18.8 Å². The number of rotatable bonds is 5. The fourth-order valence-electron chi connectivity index (χ4n) is 5.19. The van der Waals surface area contributed by atoms with Gasteiger partial charge >= 0.3 is 0 Å². The van der Waals surface area contributed by atoms with Crippen molar-refractivity contribution < 1.29 is 9.59 Å². The van der Waals surface area contributed by atoms with Gasteiger partial charge in [-0.25, -0.2) is 9.97 Å². The predicted octanol–water partition coefficient (Wildman–Crippen LogP) is 9.17. The molecule has 3 aromatic carbocycles. The van der Waals surface area contributed by atoms with Gasteiger partial charge in [0, 0.05) is 43.1 Å². The lowest BCUT2D eigenvalue weighted by Crippen LogP contribution is -2.23. The Balaban J connectivity index is 0.000000167. The summed E-state index contributed by atoms with van der Waals surface area (Å²) < 4.78 is 5.55. The molecule has 10 heteroatoms. The lowest BCUT2D eigenvalue weighted by molar-refractivity contribution is -0.116. The van der Waals surface area contributed by atoms with Gasteiger partial charge in [0.15, 0.2) is 11.3 Å². The van der Waals surface area contributed by atoms with Crippen LogP contribution in [0, 0.1) is 0 Å². The van der Waals surface area contributed by atoms with Crippen LogP contribution in [0.15, 0.2) is 137 Å². The van der Waals surface area contributed by atoms with Gasteiger partial charge in [-0.1, -0.05) is 78.9 Å². The van der Waals surface area contributed by atoms with Crippen LogP contribution in [-0.4, -0.2) is 30.6 Å². The standard InChI is InChI=1S/C21H16BrN3O.C15H12BrN3O/c1-15(26)25(18-10-6-3-7-11-18)19-12-17(16-8-4-2-5-9-16)14-24-20(22)13-23-21(19)24;1-10(20)18-13-7-12(11-5-3-2-4-6-11)9-19-14(16)8-17-15(13)19/h2-14H,1H3;2-9H,1H3,(H,18,20). The Labute approximate surface area is 282 Å². The van der Waals surface area contributed by atoms with E-state index in [4.69, 9.17) is 0 Å². The average Bonchev–Trinajstić information content (AvgIpc) is 3.64. The quantitative estimate of drug-likeness (QED) is 0.191. The highest BCUT2D eigenvalue weighted by Gasteiger charge is 2.20. The first kappa shape index (κ1) is 30.9. The van der Waals surface area contributed by atoms with Gasteiger partial charge in [-0.15, -0.1) is 0 Å². The number of anilines is 3. The van der Waals surface area contributed by atoms with Crippen LogP contribution in [0.3, 0.4) is 0 Å². The van der Waals surface area contributed by atoms with Gasteiger partial charge in [0.05, 0.1) is 23.8 Å². The third-order valence-corrected chi connectivity index (χ3v) is 8.37. The zero-order valence-corrected chi connectivity index (χ0v) is 28.1. The normalized spacial score (nSPS) is 10.8. The molecule has 7 rings (SSSR count). The Morgan fingerprint density at radius 1 is 0.652 bits per heavy atom. The van der Waals surface area contributed by atoms with E-state index >= 15 is 0 Å². The number of halogens is 2. The first-order chi connectivity index (χ1) is 22.3. The molecule has 4 heterocycles. The second kappa shape index (κ2) is 13.5.